The molecule has 0 aliphatic carbocycles. The molecule has 0 spiro atoms. The number of rotatable bonds is 7. The number of carbonyl (C=O) groups is 2. The molecule has 2 aromatic rings. The molecule has 0 saturated carbocycles. The fourth-order valence-corrected chi connectivity index (χ4v) is 2.97. The Kier molecular flexibility index (Phi) is 5.38. The third kappa shape index (κ3) is 4.29. The van der Waals surface area contributed by atoms with E-state index in [2.05, 4.69) is 0 Å². The van der Waals surface area contributed by atoms with Crippen molar-refractivity contribution >= 4 is 22.9 Å². The summed E-state index contributed by atoms with van der Waals surface area (Å²) >= 11 is 1.05. The maximum absolute atomic E-state index is 11.6. The van der Waals surface area contributed by atoms with E-state index < -0.39 is 0 Å². The molecule has 3 rings (SSSR count). The van der Waals surface area contributed by atoms with Crippen LogP contribution in [-0.4, -0.2) is 35.0 Å². The number of thioether (sulfide) groups is 1. The van der Waals surface area contributed by atoms with Crippen LogP contribution >= 0.6 is 11.8 Å². The molecule has 0 radical (unpaired) electrons. The van der Waals surface area contributed by atoms with Crippen LogP contribution < -0.4 is 9.47 Å². The number of carbonyl (C=O) groups excluding carboxylic acids is 2. The quantitative estimate of drug-likeness (QED) is 0.722. The Morgan fingerprint density at radius 2 is 1.50 bits per heavy atom. The van der Waals surface area contributed by atoms with Crippen molar-refractivity contribution in [3.05, 3.63) is 60.2 Å². The standard InChI is InChI=1S/C18H17NO4S/c20-17-13-24-18(21)19(17)12-14-6-8-16(9-7-14)23-11-10-22-15-4-2-1-3-5-15/h1-9H,10-13H2. The largest absolute Gasteiger partial charge is 0.490 e. The molecule has 2 amide bonds. The number of nitrogens with zero attached hydrogens (tertiary/aromatic N) is 1. The van der Waals surface area contributed by atoms with Gasteiger partial charge >= 0.3 is 0 Å². The van der Waals surface area contributed by atoms with Crippen LogP contribution in [0.1, 0.15) is 5.56 Å². The number of ether oxygens (including phenoxy) is 2. The molecule has 0 atom stereocenters. The molecule has 1 heterocycles. The minimum absolute atomic E-state index is 0.136. The van der Waals surface area contributed by atoms with Crippen molar-refractivity contribution in [3.8, 4) is 11.5 Å². The van der Waals surface area contributed by atoms with Crippen molar-refractivity contribution in [1.29, 1.82) is 0 Å². The van der Waals surface area contributed by atoms with Gasteiger partial charge in [-0.3, -0.25) is 14.5 Å². The van der Waals surface area contributed by atoms with Gasteiger partial charge in [-0.15, -0.1) is 0 Å². The van der Waals surface area contributed by atoms with Crippen molar-refractivity contribution in [2.45, 2.75) is 6.54 Å². The molecule has 1 fully saturated rings. The summed E-state index contributed by atoms with van der Waals surface area (Å²) in [5, 5.41) is -0.182. The Morgan fingerprint density at radius 1 is 0.875 bits per heavy atom. The third-order valence-corrected chi connectivity index (χ3v) is 4.33. The Balaban J connectivity index is 1.44. The van der Waals surface area contributed by atoms with E-state index in [1.807, 2.05) is 54.6 Å². The summed E-state index contributed by atoms with van der Waals surface area (Å²) in [5.41, 5.74) is 0.895. The van der Waals surface area contributed by atoms with Gasteiger partial charge < -0.3 is 9.47 Å². The molecule has 5 nitrogen and oxygen atoms in total. The van der Waals surface area contributed by atoms with Crippen LogP contribution in [0.4, 0.5) is 4.79 Å². The van der Waals surface area contributed by atoms with E-state index in [0.29, 0.717) is 19.8 Å². The second-order valence-corrected chi connectivity index (χ2v) is 6.11. The van der Waals surface area contributed by atoms with Crippen molar-refractivity contribution in [1.82, 2.24) is 4.90 Å². The van der Waals surface area contributed by atoms with Gasteiger partial charge in [-0.2, -0.15) is 0 Å². The van der Waals surface area contributed by atoms with Crippen LogP contribution in [0.15, 0.2) is 54.6 Å². The average molecular weight is 343 g/mol. The van der Waals surface area contributed by atoms with E-state index in [1.165, 1.54) is 4.90 Å². The van der Waals surface area contributed by atoms with Crippen LogP contribution in [0.25, 0.3) is 0 Å². The number of benzene rings is 2. The first kappa shape index (κ1) is 16.4. The first-order valence-electron chi connectivity index (χ1n) is 7.59. The molecule has 1 aliphatic heterocycles. The topological polar surface area (TPSA) is 55.8 Å². The Labute approximate surface area is 144 Å². The summed E-state index contributed by atoms with van der Waals surface area (Å²) in [6.45, 7) is 1.20. The highest BCUT2D eigenvalue weighted by molar-refractivity contribution is 8.14. The van der Waals surface area contributed by atoms with Gasteiger partial charge in [-0.05, 0) is 29.8 Å². The fourth-order valence-electron chi connectivity index (χ4n) is 2.24. The van der Waals surface area contributed by atoms with Crippen LogP contribution in [0, 0.1) is 0 Å². The number of hydrogen-bond donors (Lipinski definition) is 0. The molecule has 0 aromatic heterocycles. The van der Waals surface area contributed by atoms with Crippen molar-refractivity contribution < 1.29 is 19.1 Å². The van der Waals surface area contributed by atoms with Crippen LogP contribution in [0.3, 0.4) is 0 Å². The molecular formula is C18H17NO4S. The summed E-state index contributed by atoms with van der Waals surface area (Å²) in [4.78, 5) is 24.4. The van der Waals surface area contributed by atoms with E-state index >= 15 is 0 Å². The zero-order chi connectivity index (χ0) is 16.8. The van der Waals surface area contributed by atoms with Crippen LogP contribution in [0.5, 0.6) is 11.5 Å². The lowest BCUT2D eigenvalue weighted by molar-refractivity contribution is -0.125. The number of hydrogen-bond acceptors (Lipinski definition) is 5. The monoisotopic (exact) mass is 343 g/mol. The zero-order valence-corrected chi connectivity index (χ0v) is 13.8. The highest BCUT2D eigenvalue weighted by Crippen LogP contribution is 2.22. The lowest BCUT2D eigenvalue weighted by atomic mass is 10.2. The van der Waals surface area contributed by atoms with E-state index in [0.717, 1.165) is 28.8 Å². The Hall–Kier alpha value is -2.47. The zero-order valence-electron chi connectivity index (χ0n) is 13.0. The van der Waals surface area contributed by atoms with Crippen molar-refractivity contribution in [2.24, 2.45) is 0 Å². The average Bonchev–Trinajstić information content (AvgIpc) is 2.93. The molecule has 24 heavy (non-hydrogen) atoms. The van der Waals surface area contributed by atoms with Gasteiger partial charge in [0.25, 0.3) is 5.24 Å². The maximum atomic E-state index is 11.6. The number of imide groups is 1. The summed E-state index contributed by atoms with van der Waals surface area (Å²) in [6.07, 6.45) is 0. The van der Waals surface area contributed by atoms with Gasteiger partial charge in [-0.25, -0.2) is 0 Å². The van der Waals surface area contributed by atoms with Gasteiger partial charge in [0.05, 0.1) is 12.3 Å². The first-order chi connectivity index (χ1) is 11.7. The predicted octanol–water partition coefficient (Wildman–Crippen LogP) is 3.34. The van der Waals surface area contributed by atoms with E-state index in [9.17, 15) is 9.59 Å². The van der Waals surface area contributed by atoms with Crippen LogP contribution in [-0.2, 0) is 11.3 Å². The fraction of sp³-hybridized carbons (Fsp3) is 0.222. The molecule has 0 unspecified atom stereocenters. The minimum atomic E-state index is -0.182. The third-order valence-electron chi connectivity index (χ3n) is 3.47. The highest BCUT2D eigenvalue weighted by atomic mass is 32.2. The lowest BCUT2D eigenvalue weighted by Crippen LogP contribution is -2.27. The molecule has 1 saturated heterocycles. The smallest absolute Gasteiger partial charge is 0.289 e. The summed E-state index contributed by atoms with van der Waals surface area (Å²) in [5.74, 6) is 1.64. The summed E-state index contributed by atoms with van der Waals surface area (Å²) in [6, 6.07) is 16.9. The Morgan fingerprint density at radius 3 is 2.08 bits per heavy atom. The summed E-state index contributed by atoms with van der Waals surface area (Å²) < 4.78 is 11.2. The first-order valence-corrected chi connectivity index (χ1v) is 8.57. The Bertz CT molecular complexity index is 687. The van der Waals surface area contributed by atoms with Crippen LogP contribution in [0.2, 0.25) is 0 Å². The van der Waals surface area contributed by atoms with Crippen molar-refractivity contribution in [2.75, 3.05) is 19.0 Å². The second kappa shape index (κ2) is 7.88. The van der Waals surface area contributed by atoms with E-state index in [-0.39, 0.29) is 16.9 Å². The SMILES string of the molecule is O=C1CSC(=O)N1Cc1ccc(OCCOc2ccccc2)cc1. The van der Waals surface area contributed by atoms with E-state index in [1.54, 1.807) is 0 Å². The van der Waals surface area contributed by atoms with Crippen molar-refractivity contribution in [3.63, 3.8) is 0 Å². The number of para-hydroxylation sites is 1. The molecule has 0 N–H and O–H groups in total. The molecule has 2 aromatic carbocycles. The normalized spacial score (nSPS) is 14.1. The minimum Gasteiger partial charge on any atom is -0.490 e. The predicted molar refractivity (Wildman–Crippen MR) is 92.3 cm³/mol. The van der Waals surface area contributed by atoms with Gasteiger partial charge in [0.15, 0.2) is 0 Å². The molecule has 124 valence electrons. The lowest BCUT2D eigenvalue weighted by Gasteiger charge is -2.13. The van der Waals surface area contributed by atoms with Gasteiger partial charge in [0.1, 0.15) is 24.7 Å². The number of amides is 2. The van der Waals surface area contributed by atoms with Gasteiger partial charge in [0, 0.05) is 0 Å². The maximum Gasteiger partial charge on any atom is 0.289 e. The second-order valence-electron chi connectivity index (χ2n) is 5.19. The highest BCUT2D eigenvalue weighted by Gasteiger charge is 2.29. The molecule has 6 heteroatoms. The molecule has 1 aliphatic rings. The molecular weight excluding hydrogens is 326 g/mol. The molecule has 0 bridgehead atoms. The summed E-state index contributed by atoms with van der Waals surface area (Å²) in [7, 11) is 0. The van der Waals surface area contributed by atoms with Gasteiger partial charge in [-0.1, -0.05) is 42.1 Å². The van der Waals surface area contributed by atoms with E-state index in [4.69, 9.17) is 9.47 Å². The van der Waals surface area contributed by atoms with Gasteiger partial charge in [0.2, 0.25) is 5.91 Å².